The van der Waals surface area contributed by atoms with Crippen molar-refractivity contribution in [3.05, 3.63) is 35.9 Å². The molecule has 3 rings (SSSR count). The summed E-state index contributed by atoms with van der Waals surface area (Å²) < 4.78 is 17.2. The van der Waals surface area contributed by atoms with E-state index in [0.717, 1.165) is 5.56 Å². The van der Waals surface area contributed by atoms with Crippen molar-refractivity contribution in [1.82, 2.24) is 4.90 Å². The Balaban J connectivity index is 1.76. The van der Waals surface area contributed by atoms with E-state index < -0.39 is 35.7 Å². The number of aliphatic hydroxyl groups excluding tert-OH is 1. The molecule has 7 nitrogen and oxygen atoms in total. The van der Waals surface area contributed by atoms with E-state index in [1.807, 2.05) is 51.1 Å². The maximum absolute atomic E-state index is 12.8. The number of benzene rings is 1. The molecule has 0 bridgehead atoms. The molecule has 1 aromatic carbocycles. The van der Waals surface area contributed by atoms with Gasteiger partial charge in [0.15, 0.2) is 5.79 Å². The van der Waals surface area contributed by atoms with Crippen molar-refractivity contribution in [3.63, 3.8) is 0 Å². The molecule has 156 valence electrons. The number of likely N-dealkylation sites (tertiary alicyclic amines) is 1. The van der Waals surface area contributed by atoms with Crippen LogP contribution in [0, 0.1) is 0 Å². The monoisotopic (exact) mass is 392 g/mol. The van der Waals surface area contributed by atoms with Crippen molar-refractivity contribution in [2.75, 3.05) is 19.8 Å². The van der Waals surface area contributed by atoms with Crippen molar-refractivity contribution < 1.29 is 24.1 Å². The minimum absolute atomic E-state index is 0.371. The summed E-state index contributed by atoms with van der Waals surface area (Å²) >= 11 is 0. The van der Waals surface area contributed by atoms with Gasteiger partial charge >= 0.3 is 6.09 Å². The van der Waals surface area contributed by atoms with Crippen LogP contribution in [0.4, 0.5) is 4.79 Å². The third-order valence-electron chi connectivity index (χ3n) is 5.24. The number of carbonyl (C=O) groups is 1. The van der Waals surface area contributed by atoms with E-state index in [-0.39, 0.29) is 0 Å². The van der Waals surface area contributed by atoms with E-state index in [1.165, 1.54) is 0 Å². The Morgan fingerprint density at radius 2 is 1.96 bits per heavy atom. The minimum Gasteiger partial charge on any atom is -0.444 e. The van der Waals surface area contributed by atoms with Gasteiger partial charge in [-0.2, -0.15) is 0 Å². The average Bonchev–Trinajstić information content (AvgIpc) is 3.08. The first-order valence-electron chi connectivity index (χ1n) is 9.94. The average molecular weight is 392 g/mol. The molecule has 0 aromatic heterocycles. The summed E-state index contributed by atoms with van der Waals surface area (Å²) in [5, 5.41) is 11.1. The molecule has 2 heterocycles. The van der Waals surface area contributed by atoms with Crippen LogP contribution in [-0.2, 0) is 20.6 Å². The van der Waals surface area contributed by atoms with Crippen LogP contribution >= 0.6 is 0 Å². The molecule has 7 heteroatoms. The van der Waals surface area contributed by atoms with E-state index >= 15 is 0 Å². The van der Waals surface area contributed by atoms with Crippen LogP contribution in [0.25, 0.3) is 0 Å². The zero-order valence-electron chi connectivity index (χ0n) is 17.0. The van der Waals surface area contributed by atoms with E-state index in [4.69, 9.17) is 19.9 Å². The summed E-state index contributed by atoms with van der Waals surface area (Å²) in [4.78, 5) is 14.4. The highest BCUT2D eigenvalue weighted by Gasteiger charge is 2.49. The second-order valence-electron chi connectivity index (χ2n) is 8.65. The Bertz CT molecular complexity index is 655. The van der Waals surface area contributed by atoms with E-state index in [0.29, 0.717) is 39.0 Å². The number of ether oxygens (including phenoxy) is 3. The molecule has 0 radical (unpaired) electrons. The van der Waals surface area contributed by atoms with Crippen molar-refractivity contribution in [2.24, 2.45) is 5.73 Å². The maximum Gasteiger partial charge on any atom is 0.410 e. The molecular weight excluding hydrogens is 360 g/mol. The lowest BCUT2D eigenvalue weighted by molar-refractivity contribution is -0.203. The summed E-state index contributed by atoms with van der Waals surface area (Å²) in [7, 11) is 0. The number of amides is 1. The van der Waals surface area contributed by atoms with Gasteiger partial charge in [0.1, 0.15) is 5.60 Å². The second-order valence-corrected chi connectivity index (χ2v) is 8.65. The van der Waals surface area contributed by atoms with Crippen molar-refractivity contribution in [1.29, 1.82) is 0 Å². The number of hydrogen-bond acceptors (Lipinski definition) is 6. The Labute approximate surface area is 166 Å². The van der Waals surface area contributed by atoms with Crippen LogP contribution in [0.5, 0.6) is 0 Å². The first-order valence-corrected chi connectivity index (χ1v) is 9.94. The first-order chi connectivity index (χ1) is 13.2. The first kappa shape index (κ1) is 21.0. The van der Waals surface area contributed by atoms with Gasteiger partial charge in [0.2, 0.25) is 0 Å². The van der Waals surface area contributed by atoms with Gasteiger partial charge in [0, 0.05) is 25.4 Å². The molecule has 2 saturated heterocycles. The van der Waals surface area contributed by atoms with Crippen molar-refractivity contribution in [3.8, 4) is 0 Å². The highest BCUT2D eigenvalue weighted by molar-refractivity contribution is 5.69. The third kappa shape index (κ3) is 5.03. The molecule has 1 spiro atoms. The number of aliphatic hydroxyl groups is 1. The molecule has 28 heavy (non-hydrogen) atoms. The van der Waals surface area contributed by atoms with E-state index in [2.05, 4.69) is 0 Å². The minimum atomic E-state index is -0.933. The van der Waals surface area contributed by atoms with Gasteiger partial charge in [0.25, 0.3) is 0 Å². The second kappa shape index (κ2) is 8.37. The van der Waals surface area contributed by atoms with Crippen LogP contribution in [0.1, 0.15) is 39.2 Å². The van der Waals surface area contributed by atoms with Gasteiger partial charge in [-0.1, -0.05) is 30.3 Å². The van der Waals surface area contributed by atoms with Gasteiger partial charge in [-0.05, 0) is 32.8 Å². The molecule has 2 aliphatic heterocycles. The van der Waals surface area contributed by atoms with Crippen LogP contribution in [0.3, 0.4) is 0 Å². The predicted molar refractivity (Wildman–Crippen MR) is 105 cm³/mol. The molecule has 2 aliphatic rings. The fraction of sp³-hybridized carbons (Fsp3) is 0.667. The van der Waals surface area contributed by atoms with Gasteiger partial charge in [0.05, 0.1) is 25.4 Å². The number of nitrogens with two attached hydrogens (primary N) is 1. The number of piperidine rings is 1. The summed E-state index contributed by atoms with van der Waals surface area (Å²) in [6, 6.07) is 8.70. The molecule has 0 saturated carbocycles. The Hall–Kier alpha value is -1.67. The molecular formula is C21H32N2O5. The normalized spacial score (nSPS) is 24.2. The fourth-order valence-corrected chi connectivity index (χ4v) is 3.89. The van der Waals surface area contributed by atoms with Crippen molar-refractivity contribution >= 4 is 6.09 Å². The Kier molecular flexibility index (Phi) is 6.29. The summed E-state index contributed by atoms with van der Waals surface area (Å²) in [6.45, 7) is 6.90. The van der Waals surface area contributed by atoms with E-state index in [1.54, 1.807) is 4.90 Å². The quantitative estimate of drug-likeness (QED) is 0.815. The van der Waals surface area contributed by atoms with Crippen LogP contribution in [0.15, 0.2) is 30.3 Å². The number of carbonyl (C=O) groups excluding carboxylic acids is 1. The maximum atomic E-state index is 12.8. The summed E-state index contributed by atoms with van der Waals surface area (Å²) in [5.74, 6) is -0.753. The fourth-order valence-electron chi connectivity index (χ4n) is 3.89. The highest BCUT2D eigenvalue weighted by Crippen LogP contribution is 2.37. The summed E-state index contributed by atoms with van der Waals surface area (Å²) in [6.07, 6.45) is 0.0447. The lowest BCUT2D eigenvalue weighted by Crippen LogP contribution is -2.61. The van der Waals surface area contributed by atoms with Gasteiger partial charge in [-0.25, -0.2) is 4.79 Å². The molecule has 1 aromatic rings. The zero-order chi connectivity index (χ0) is 20.4. The van der Waals surface area contributed by atoms with Gasteiger partial charge in [-0.3, -0.25) is 0 Å². The molecule has 3 N–H and O–H groups in total. The summed E-state index contributed by atoms with van der Waals surface area (Å²) in [5.41, 5.74) is 6.77. The largest absolute Gasteiger partial charge is 0.444 e. The smallest absolute Gasteiger partial charge is 0.410 e. The molecule has 3 unspecified atom stereocenters. The zero-order valence-corrected chi connectivity index (χ0v) is 17.0. The molecule has 2 fully saturated rings. The van der Waals surface area contributed by atoms with Crippen LogP contribution < -0.4 is 5.73 Å². The number of nitrogens with zero attached hydrogens (tertiary/aromatic N) is 1. The van der Waals surface area contributed by atoms with Crippen LogP contribution in [-0.4, -0.2) is 65.4 Å². The standard InChI is InChI=1S/C21H32N2O5/c1-20(2,3)28-19(25)23-10-9-21(26-11-12-27-21)14-17(23)18(24)16(22)13-15-7-5-4-6-8-15/h4-8,16-18,24H,9-14,22H2,1-3H3. The molecule has 3 atom stereocenters. The third-order valence-corrected chi connectivity index (χ3v) is 5.24. The lowest BCUT2D eigenvalue weighted by atomic mass is 9.87. The predicted octanol–water partition coefficient (Wildman–Crippen LogP) is 2.06. The topological polar surface area (TPSA) is 94.2 Å². The van der Waals surface area contributed by atoms with Gasteiger partial charge < -0.3 is 30.0 Å². The Morgan fingerprint density at radius 1 is 1.32 bits per heavy atom. The van der Waals surface area contributed by atoms with Crippen LogP contribution in [0.2, 0.25) is 0 Å². The SMILES string of the molecule is CC(C)(C)OC(=O)N1CCC2(CC1C(O)C(N)Cc1ccccc1)OCCO2. The number of rotatable bonds is 4. The number of hydrogen-bond donors (Lipinski definition) is 2. The van der Waals surface area contributed by atoms with E-state index in [9.17, 15) is 9.90 Å². The van der Waals surface area contributed by atoms with Crippen molar-refractivity contribution in [2.45, 2.75) is 69.6 Å². The van der Waals surface area contributed by atoms with Gasteiger partial charge in [-0.15, -0.1) is 0 Å². The molecule has 0 aliphatic carbocycles. The Morgan fingerprint density at radius 3 is 2.57 bits per heavy atom. The molecule has 1 amide bonds. The highest BCUT2D eigenvalue weighted by atomic mass is 16.7. The lowest BCUT2D eigenvalue weighted by Gasteiger charge is -2.46.